The number of aliphatic carboxylic acids is 1. The van der Waals surface area contributed by atoms with Gasteiger partial charge in [-0.1, -0.05) is 54.1 Å². The number of alkyl halides is 1. The highest BCUT2D eigenvalue weighted by Gasteiger charge is 2.76. The first kappa shape index (κ1) is 26.2. The lowest BCUT2D eigenvalue weighted by molar-refractivity contribution is -0.149. The van der Waals surface area contributed by atoms with Crippen molar-refractivity contribution in [2.24, 2.45) is 17.8 Å². The van der Waals surface area contributed by atoms with Crippen LogP contribution in [0, 0.1) is 31.6 Å². The number of aliphatic hydroxyl groups excluding tert-OH is 1. The Morgan fingerprint density at radius 2 is 1.97 bits per heavy atom. The van der Waals surface area contributed by atoms with E-state index < -0.39 is 34.6 Å². The normalized spacial score (nSPS) is 32.1. The van der Waals surface area contributed by atoms with Crippen molar-refractivity contribution in [2.45, 2.75) is 61.0 Å². The lowest BCUT2D eigenvalue weighted by Gasteiger charge is -2.41. The van der Waals surface area contributed by atoms with E-state index in [-0.39, 0.29) is 41.0 Å². The Morgan fingerprint density at radius 1 is 1.34 bits per heavy atom. The SMILES string of the molecule is C=CCN(C(=O)C1N([C@@H](CO)C(C)C)C(=O)[C@@H]2[C@@H](C(=O)O)[C@@H]3SC12CC3Br)c1c(C)cccc1C. The van der Waals surface area contributed by atoms with Crippen LogP contribution in [0.2, 0.25) is 0 Å². The quantitative estimate of drug-likeness (QED) is 0.371. The highest BCUT2D eigenvalue weighted by atomic mass is 79.9. The molecular formula is C26H33BrN2O5S. The van der Waals surface area contributed by atoms with Crippen molar-refractivity contribution in [3.8, 4) is 0 Å². The van der Waals surface area contributed by atoms with E-state index in [2.05, 4.69) is 22.5 Å². The van der Waals surface area contributed by atoms with Gasteiger partial charge in [0.2, 0.25) is 5.91 Å². The average molecular weight is 566 g/mol. The average Bonchev–Trinajstić information content (AvgIpc) is 3.37. The van der Waals surface area contributed by atoms with Gasteiger partial charge in [0.1, 0.15) is 6.04 Å². The van der Waals surface area contributed by atoms with Crippen molar-refractivity contribution in [1.82, 2.24) is 4.90 Å². The Labute approximate surface area is 219 Å². The second-order valence-corrected chi connectivity index (χ2v) is 12.9. The summed E-state index contributed by atoms with van der Waals surface area (Å²) in [5.41, 5.74) is 2.63. The van der Waals surface area contributed by atoms with E-state index in [9.17, 15) is 24.6 Å². The summed E-state index contributed by atoms with van der Waals surface area (Å²) in [5, 5.41) is 20.1. The molecule has 0 saturated carbocycles. The first-order valence-corrected chi connectivity index (χ1v) is 13.8. The smallest absolute Gasteiger partial charge is 0.308 e. The molecule has 1 aromatic carbocycles. The first-order valence-electron chi connectivity index (χ1n) is 12.0. The lowest BCUT2D eigenvalue weighted by Crippen LogP contribution is -2.59. The fraction of sp³-hybridized carbons (Fsp3) is 0.577. The Bertz CT molecular complexity index is 1040. The fourth-order valence-corrected chi connectivity index (χ4v) is 9.99. The Kier molecular flexibility index (Phi) is 7.16. The predicted octanol–water partition coefficient (Wildman–Crippen LogP) is 3.39. The molecule has 1 aromatic rings. The van der Waals surface area contributed by atoms with Gasteiger partial charge in [0.15, 0.2) is 0 Å². The number of carboxylic acid groups (broad SMARTS) is 1. The summed E-state index contributed by atoms with van der Waals surface area (Å²) < 4.78 is -0.881. The Hall–Kier alpha value is -1.84. The molecule has 3 heterocycles. The zero-order valence-electron chi connectivity index (χ0n) is 20.5. The number of carbonyl (C=O) groups excluding carboxylic acids is 2. The molecule has 3 unspecified atom stereocenters. The molecule has 2 amide bonds. The minimum absolute atomic E-state index is 0.118. The van der Waals surface area contributed by atoms with E-state index in [0.717, 1.165) is 16.8 Å². The Morgan fingerprint density at radius 3 is 2.49 bits per heavy atom. The van der Waals surface area contributed by atoms with Crippen LogP contribution in [-0.2, 0) is 14.4 Å². The zero-order valence-corrected chi connectivity index (χ0v) is 22.9. The number of nitrogens with zero attached hydrogens (tertiary/aromatic N) is 2. The maximum atomic E-state index is 14.6. The highest BCUT2D eigenvalue weighted by Crippen LogP contribution is 2.68. The number of halogens is 1. The molecule has 0 radical (unpaired) electrons. The molecule has 7 atom stereocenters. The van der Waals surface area contributed by atoms with Crippen LogP contribution in [0.25, 0.3) is 0 Å². The lowest BCUT2D eigenvalue weighted by atomic mass is 9.71. The van der Waals surface area contributed by atoms with Crippen LogP contribution < -0.4 is 4.90 Å². The Balaban J connectivity index is 1.90. The molecule has 2 bridgehead atoms. The summed E-state index contributed by atoms with van der Waals surface area (Å²) >= 11 is 5.14. The van der Waals surface area contributed by atoms with Crippen molar-refractivity contribution in [3.63, 3.8) is 0 Å². The van der Waals surface area contributed by atoms with Gasteiger partial charge in [-0.2, -0.15) is 0 Å². The molecule has 0 aliphatic carbocycles. The number of benzene rings is 1. The van der Waals surface area contributed by atoms with Crippen molar-refractivity contribution in [1.29, 1.82) is 0 Å². The number of thioether (sulfide) groups is 1. The minimum atomic E-state index is -1.01. The number of fused-ring (bicyclic) bond motifs is 1. The number of aryl methyl sites for hydroxylation is 2. The van der Waals surface area contributed by atoms with Gasteiger partial charge in [0.25, 0.3) is 5.91 Å². The van der Waals surface area contributed by atoms with E-state index in [1.807, 2.05) is 45.9 Å². The fourth-order valence-electron chi connectivity index (χ4n) is 6.41. The van der Waals surface area contributed by atoms with Crippen LogP contribution in [0.3, 0.4) is 0 Å². The molecule has 7 nitrogen and oxygen atoms in total. The standard InChI is InChI=1S/C26H33BrN2O5S/c1-6-10-28(20-14(4)8-7-9-15(20)5)24(32)22-26-11-16(27)21(35-26)18(25(33)34)19(26)23(31)29(22)17(12-30)13(2)3/h6-9,13,16-19,21-22,30H,1,10-12H2,2-5H3,(H,33,34)/t16?,17-,18+,19-,21+,22?,26?/m0/s1. The third-order valence-electron chi connectivity index (χ3n) is 7.85. The number of carbonyl (C=O) groups is 3. The first-order chi connectivity index (χ1) is 16.5. The summed E-state index contributed by atoms with van der Waals surface area (Å²) in [6, 6.07) is 4.34. The van der Waals surface area contributed by atoms with Gasteiger partial charge in [-0.3, -0.25) is 14.4 Å². The number of anilines is 1. The molecule has 190 valence electrons. The molecule has 9 heteroatoms. The van der Waals surface area contributed by atoms with Crippen LogP contribution in [0.5, 0.6) is 0 Å². The predicted molar refractivity (Wildman–Crippen MR) is 141 cm³/mol. The molecule has 2 N–H and O–H groups in total. The van der Waals surface area contributed by atoms with Gasteiger partial charge >= 0.3 is 5.97 Å². The van der Waals surface area contributed by atoms with E-state index in [0.29, 0.717) is 6.42 Å². The number of hydrogen-bond acceptors (Lipinski definition) is 5. The molecule has 3 aliphatic heterocycles. The molecule has 1 spiro atoms. The van der Waals surface area contributed by atoms with Gasteiger partial charge < -0.3 is 20.0 Å². The summed E-state index contributed by atoms with van der Waals surface area (Å²) in [5.74, 6) is -3.41. The van der Waals surface area contributed by atoms with Crippen molar-refractivity contribution in [2.75, 3.05) is 18.1 Å². The maximum absolute atomic E-state index is 14.6. The van der Waals surface area contributed by atoms with E-state index in [1.54, 1.807) is 11.0 Å². The molecular weight excluding hydrogens is 532 g/mol. The topological polar surface area (TPSA) is 98.2 Å². The van der Waals surface area contributed by atoms with E-state index >= 15 is 0 Å². The number of rotatable bonds is 8. The maximum Gasteiger partial charge on any atom is 0.308 e. The van der Waals surface area contributed by atoms with Gasteiger partial charge in [-0.15, -0.1) is 18.3 Å². The molecule has 3 saturated heterocycles. The van der Waals surface area contributed by atoms with Crippen LogP contribution in [-0.4, -0.2) is 73.0 Å². The van der Waals surface area contributed by atoms with E-state index in [1.165, 1.54) is 16.7 Å². The van der Waals surface area contributed by atoms with Gasteiger partial charge in [0, 0.05) is 22.3 Å². The third kappa shape index (κ3) is 3.85. The second kappa shape index (κ2) is 9.56. The second-order valence-electron chi connectivity index (χ2n) is 10.2. The molecule has 35 heavy (non-hydrogen) atoms. The number of amides is 2. The van der Waals surface area contributed by atoms with Crippen LogP contribution in [0.1, 0.15) is 31.4 Å². The zero-order chi connectivity index (χ0) is 25.8. The number of aliphatic hydroxyl groups is 1. The van der Waals surface area contributed by atoms with Crippen LogP contribution in [0.4, 0.5) is 5.69 Å². The molecule has 0 aromatic heterocycles. The van der Waals surface area contributed by atoms with Gasteiger partial charge in [-0.05, 0) is 37.3 Å². The van der Waals surface area contributed by atoms with Crippen molar-refractivity contribution in [3.05, 3.63) is 42.0 Å². The molecule has 4 rings (SSSR count). The minimum Gasteiger partial charge on any atom is -0.481 e. The van der Waals surface area contributed by atoms with Gasteiger partial charge in [-0.25, -0.2) is 0 Å². The van der Waals surface area contributed by atoms with Crippen LogP contribution >= 0.6 is 27.7 Å². The number of para-hydroxylation sites is 1. The van der Waals surface area contributed by atoms with Crippen LogP contribution in [0.15, 0.2) is 30.9 Å². The van der Waals surface area contributed by atoms with E-state index in [4.69, 9.17) is 0 Å². The number of hydrogen-bond donors (Lipinski definition) is 2. The van der Waals surface area contributed by atoms with Crippen molar-refractivity contribution >= 4 is 51.2 Å². The van der Waals surface area contributed by atoms with Crippen molar-refractivity contribution < 1.29 is 24.6 Å². The third-order valence-corrected chi connectivity index (χ3v) is 11.1. The highest BCUT2D eigenvalue weighted by molar-refractivity contribution is 9.09. The summed E-state index contributed by atoms with van der Waals surface area (Å²) in [6.07, 6.45) is 2.18. The number of carboxylic acids is 1. The number of likely N-dealkylation sites (tertiary alicyclic amines) is 1. The summed E-state index contributed by atoms with van der Waals surface area (Å²) in [6.45, 7) is 11.5. The molecule has 3 fully saturated rings. The summed E-state index contributed by atoms with van der Waals surface area (Å²) in [4.78, 5) is 44.0. The monoisotopic (exact) mass is 564 g/mol. The van der Waals surface area contributed by atoms with Gasteiger partial charge in [0.05, 0.1) is 29.2 Å². The summed E-state index contributed by atoms with van der Waals surface area (Å²) in [7, 11) is 0. The largest absolute Gasteiger partial charge is 0.481 e. The molecule has 3 aliphatic rings.